The van der Waals surface area contributed by atoms with Crippen LogP contribution in [-0.4, -0.2) is 6.36 Å². The van der Waals surface area contributed by atoms with Gasteiger partial charge in [0, 0.05) is 11.1 Å². The zero-order valence-electron chi connectivity index (χ0n) is 11.8. The first-order chi connectivity index (χ1) is 9.16. The van der Waals surface area contributed by atoms with Gasteiger partial charge in [-0.3, -0.25) is 0 Å². The molecule has 0 spiro atoms. The van der Waals surface area contributed by atoms with Crippen LogP contribution in [0.2, 0.25) is 0 Å². The van der Waals surface area contributed by atoms with E-state index in [-0.39, 0.29) is 11.2 Å². The third-order valence-electron chi connectivity index (χ3n) is 4.42. The molecule has 2 nitrogen and oxygen atoms in total. The van der Waals surface area contributed by atoms with Gasteiger partial charge in [0.2, 0.25) is 0 Å². The fourth-order valence-electron chi connectivity index (χ4n) is 3.08. The minimum atomic E-state index is -4.70. The summed E-state index contributed by atoms with van der Waals surface area (Å²) in [5.41, 5.74) is 5.91. The lowest BCUT2D eigenvalue weighted by Crippen LogP contribution is -2.52. The van der Waals surface area contributed by atoms with Crippen LogP contribution in [0.4, 0.5) is 13.2 Å². The summed E-state index contributed by atoms with van der Waals surface area (Å²) in [6.07, 6.45) is -1.18. The lowest BCUT2D eigenvalue weighted by Gasteiger charge is -2.48. The molecule has 1 aromatic carbocycles. The highest BCUT2D eigenvalue weighted by Gasteiger charge is 2.47. The van der Waals surface area contributed by atoms with Crippen molar-refractivity contribution in [1.29, 1.82) is 0 Å². The van der Waals surface area contributed by atoms with Gasteiger partial charge in [-0.2, -0.15) is 0 Å². The maximum atomic E-state index is 12.5. The van der Waals surface area contributed by atoms with E-state index in [1.165, 1.54) is 12.1 Å². The third-order valence-corrected chi connectivity index (χ3v) is 4.42. The second-order valence-electron chi connectivity index (χ2n) is 6.11. The summed E-state index contributed by atoms with van der Waals surface area (Å²) >= 11 is 0. The maximum Gasteiger partial charge on any atom is 0.573 e. The molecule has 20 heavy (non-hydrogen) atoms. The molecule has 0 saturated heterocycles. The molecule has 0 aromatic heterocycles. The van der Waals surface area contributed by atoms with E-state index in [1.54, 1.807) is 12.1 Å². The van der Waals surface area contributed by atoms with Crippen LogP contribution < -0.4 is 10.5 Å². The predicted molar refractivity (Wildman–Crippen MR) is 71.2 cm³/mol. The van der Waals surface area contributed by atoms with E-state index in [4.69, 9.17) is 5.73 Å². The number of halogens is 3. The van der Waals surface area contributed by atoms with Gasteiger partial charge in [-0.1, -0.05) is 44.9 Å². The molecule has 0 heterocycles. The molecule has 1 saturated carbocycles. The van der Waals surface area contributed by atoms with E-state index >= 15 is 0 Å². The largest absolute Gasteiger partial charge is 0.573 e. The topological polar surface area (TPSA) is 35.2 Å². The molecule has 0 radical (unpaired) electrons. The average Bonchev–Trinajstić information content (AvgIpc) is 2.31. The van der Waals surface area contributed by atoms with Crippen molar-refractivity contribution >= 4 is 0 Å². The molecule has 1 aliphatic carbocycles. The zero-order chi connectivity index (χ0) is 15.0. The molecule has 1 fully saturated rings. The number of hydrogen-bond acceptors (Lipinski definition) is 2. The van der Waals surface area contributed by atoms with Crippen molar-refractivity contribution in [1.82, 2.24) is 0 Å². The summed E-state index contributed by atoms with van der Waals surface area (Å²) in [4.78, 5) is 0. The molecule has 0 aliphatic heterocycles. The van der Waals surface area contributed by atoms with Gasteiger partial charge in [0.1, 0.15) is 5.75 Å². The molecule has 1 aromatic rings. The predicted octanol–water partition coefficient (Wildman–Crippen LogP) is 4.34. The molecule has 2 N–H and O–H groups in total. The fraction of sp³-hybridized carbons (Fsp3) is 0.600. The molecule has 0 bridgehead atoms. The number of benzene rings is 1. The first-order valence-corrected chi connectivity index (χ1v) is 6.80. The summed E-state index contributed by atoms with van der Waals surface area (Å²) in [5.74, 6) is -0.183. The number of para-hydroxylation sites is 1. The van der Waals surface area contributed by atoms with Crippen molar-refractivity contribution in [2.24, 2.45) is 11.1 Å². The second-order valence-corrected chi connectivity index (χ2v) is 6.11. The number of nitrogens with two attached hydrogens (primary N) is 1. The molecular formula is C15H20F3NO. The Hall–Kier alpha value is -1.23. The van der Waals surface area contributed by atoms with E-state index in [0.717, 1.165) is 19.3 Å². The van der Waals surface area contributed by atoms with Gasteiger partial charge < -0.3 is 10.5 Å². The minimum absolute atomic E-state index is 0.183. The molecule has 2 rings (SSSR count). The van der Waals surface area contributed by atoms with Gasteiger partial charge in [0.05, 0.1) is 0 Å². The summed E-state index contributed by atoms with van der Waals surface area (Å²) in [6, 6.07) is 6.22. The van der Waals surface area contributed by atoms with E-state index in [1.807, 2.05) is 13.8 Å². The Balaban J connectivity index is 2.46. The Morgan fingerprint density at radius 3 is 2.30 bits per heavy atom. The van der Waals surface area contributed by atoms with E-state index in [9.17, 15) is 13.2 Å². The summed E-state index contributed by atoms with van der Waals surface area (Å²) in [6.45, 7) is 4.02. The smallest absolute Gasteiger partial charge is 0.405 e. The van der Waals surface area contributed by atoms with Gasteiger partial charge in [-0.25, -0.2) is 0 Å². The van der Waals surface area contributed by atoms with Gasteiger partial charge >= 0.3 is 6.36 Å². The summed E-state index contributed by atoms with van der Waals surface area (Å²) in [5, 5.41) is 0. The first-order valence-electron chi connectivity index (χ1n) is 6.80. The van der Waals surface area contributed by atoms with Crippen LogP contribution in [0.3, 0.4) is 0 Å². The van der Waals surface area contributed by atoms with Crippen LogP contribution in [0.25, 0.3) is 0 Å². The first kappa shape index (κ1) is 15.2. The molecule has 1 atom stereocenters. The number of rotatable bonds is 2. The lowest BCUT2D eigenvalue weighted by atomic mass is 9.60. The highest BCUT2D eigenvalue weighted by atomic mass is 19.4. The maximum absolute atomic E-state index is 12.5. The number of ether oxygens (including phenoxy) is 1. The summed E-state index contributed by atoms with van der Waals surface area (Å²) < 4.78 is 41.8. The number of hydrogen-bond donors (Lipinski definition) is 1. The Morgan fingerprint density at radius 1 is 1.10 bits per heavy atom. The van der Waals surface area contributed by atoms with Crippen LogP contribution in [-0.2, 0) is 5.54 Å². The van der Waals surface area contributed by atoms with E-state index in [2.05, 4.69) is 4.74 Å². The normalized spacial score (nSPS) is 26.3. The van der Waals surface area contributed by atoms with Crippen LogP contribution >= 0.6 is 0 Å². The second kappa shape index (κ2) is 4.95. The lowest BCUT2D eigenvalue weighted by molar-refractivity contribution is -0.275. The van der Waals surface area contributed by atoms with Gasteiger partial charge in [-0.15, -0.1) is 13.2 Å². The summed E-state index contributed by atoms with van der Waals surface area (Å²) in [7, 11) is 0. The Kier molecular flexibility index (Phi) is 3.75. The zero-order valence-corrected chi connectivity index (χ0v) is 11.8. The third kappa shape index (κ3) is 2.77. The van der Waals surface area contributed by atoms with Gasteiger partial charge in [0.15, 0.2) is 0 Å². The van der Waals surface area contributed by atoms with Crippen LogP contribution in [0.5, 0.6) is 5.75 Å². The molecule has 1 aliphatic rings. The van der Waals surface area contributed by atoms with E-state index in [0.29, 0.717) is 12.0 Å². The molecule has 5 heteroatoms. The molecular weight excluding hydrogens is 267 g/mol. The Bertz CT molecular complexity index is 484. The average molecular weight is 287 g/mol. The molecule has 0 amide bonds. The van der Waals surface area contributed by atoms with Crippen molar-refractivity contribution in [3.05, 3.63) is 29.8 Å². The van der Waals surface area contributed by atoms with Crippen molar-refractivity contribution in [3.63, 3.8) is 0 Å². The number of alkyl halides is 3. The minimum Gasteiger partial charge on any atom is -0.405 e. The van der Waals surface area contributed by atoms with Gasteiger partial charge in [0.25, 0.3) is 0 Å². The van der Waals surface area contributed by atoms with Crippen LogP contribution in [0.1, 0.15) is 45.1 Å². The van der Waals surface area contributed by atoms with Crippen LogP contribution in [0, 0.1) is 5.41 Å². The van der Waals surface area contributed by atoms with Crippen molar-refractivity contribution in [2.45, 2.75) is 51.4 Å². The Labute approximate surface area is 117 Å². The van der Waals surface area contributed by atoms with E-state index < -0.39 is 11.9 Å². The monoisotopic (exact) mass is 287 g/mol. The standard InChI is InChI=1S/C15H20F3NO/c1-13(2)9-5-6-10-14(13,19)11-7-3-4-8-12(11)20-15(16,17)18/h3-4,7-8H,5-6,9-10,19H2,1-2H3. The Morgan fingerprint density at radius 2 is 1.70 bits per heavy atom. The SMILES string of the molecule is CC1(C)CCCCC1(N)c1ccccc1OC(F)(F)F. The molecule has 1 unspecified atom stereocenters. The highest BCUT2D eigenvalue weighted by Crippen LogP contribution is 2.50. The van der Waals surface area contributed by atoms with Crippen molar-refractivity contribution < 1.29 is 17.9 Å². The fourth-order valence-corrected chi connectivity index (χ4v) is 3.08. The molecule has 112 valence electrons. The quantitative estimate of drug-likeness (QED) is 0.878. The highest BCUT2D eigenvalue weighted by molar-refractivity contribution is 5.41. The van der Waals surface area contributed by atoms with Crippen LogP contribution in [0.15, 0.2) is 24.3 Å². The van der Waals surface area contributed by atoms with Crippen molar-refractivity contribution in [2.75, 3.05) is 0 Å². The van der Waals surface area contributed by atoms with Gasteiger partial charge in [-0.05, 0) is 24.3 Å². The van der Waals surface area contributed by atoms with Crippen molar-refractivity contribution in [3.8, 4) is 5.75 Å².